The van der Waals surface area contributed by atoms with Crippen molar-refractivity contribution in [2.24, 2.45) is 0 Å². The zero-order valence-corrected chi connectivity index (χ0v) is 19.0. The average molecular weight is 461 g/mol. The van der Waals surface area contributed by atoms with Crippen molar-refractivity contribution in [1.29, 1.82) is 0 Å². The largest absolute Gasteiger partial charge is 0.361 e. The normalized spacial score (nSPS) is 12.0. The standard InChI is InChI=1S/C23H26Cl2N4O2/c1-14(2)29-22(30)9-10-26-23(31)28-13-18(16-8-7-15(24)11-20(16)25)19-12-27-21-6-4-3-5-17(19)21/h3-8,11-12,14,18,27H,9-10,13H2,1-2H3,(H,29,30)(H2,26,28,31). The first kappa shape index (κ1) is 23.0. The summed E-state index contributed by atoms with van der Waals surface area (Å²) in [6.45, 7) is 4.37. The van der Waals surface area contributed by atoms with Crippen LogP contribution < -0.4 is 16.0 Å². The maximum Gasteiger partial charge on any atom is 0.314 e. The van der Waals surface area contributed by atoms with Crippen LogP contribution in [0.3, 0.4) is 0 Å². The second-order valence-electron chi connectivity index (χ2n) is 7.62. The Bertz CT molecular complexity index is 1060. The highest BCUT2D eigenvalue weighted by atomic mass is 35.5. The Labute approximate surface area is 191 Å². The number of H-pyrrole nitrogens is 1. The van der Waals surface area contributed by atoms with E-state index in [0.717, 1.165) is 22.0 Å². The highest BCUT2D eigenvalue weighted by Gasteiger charge is 2.21. The molecule has 4 N–H and O–H groups in total. The smallest absolute Gasteiger partial charge is 0.314 e. The summed E-state index contributed by atoms with van der Waals surface area (Å²) < 4.78 is 0. The quantitative estimate of drug-likeness (QED) is 0.388. The average Bonchev–Trinajstić information content (AvgIpc) is 3.13. The molecule has 3 amide bonds. The monoisotopic (exact) mass is 460 g/mol. The fourth-order valence-corrected chi connectivity index (χ4v) is 4.03. The van der Waals surface area contributed by atoms with E-state index < -0.39 is 0 Å². The zero-order valence-electron chi connectivity index (χ0n) is 17.5. The molecule has 2 aromatic carbocycles. The lowest BCUT2D eigenvalue weighted by Gasteiger charge is -2.20. The van der Waals surface area contributed by atoms with Crippen molar-refractivity contribution >= 4 is 46.0 Å². The van der Waals surface area contributed by atoms with Gasteiger partial charge in [-0.05, 0) is 43.2 Å². The van der Waals surface area contributed by atoms with Crippen LogP contribution in [0.4, 0.5) is 4.79 Å². The minimum atomic E-state index is -0.340. The van der Waals surface area contributed by atoms with E-state index in [0.29, 0.717) is 16.6 Å². The van der Waals surface area contributed by atoms with Gasteiger partial charge in [0, 0.05) is 58.6 Å². The highest BCUT2D eigenvalue weighted by molar-refractivity contribution is 6.35. The van der Waals surface area contributed by atoms with Gasteiger partial charge in [-0.2, -0.15) is 0 Å². The Hall–Kier alpha value is -2.70. The number of urea groups is 1. The van der Waals surface area contributed by atoms with Crippen LogP contribution in [0.1, 0.15) is 37.3 Å². The molecule has 0 radical (unpaired) electrons. The fourth-order valence-electron chi connectivity index (χ4n) is 3.49. The molecule has 3 aromatic rings. The number of aromatic amines is 1. The lowest BCUT2D eigenvalue weighted by Crippen LogP contribution is -2.40. The highest BCUT2D eigenvalue weighted by Crippen LogP contribution is 2.35. The van der Waals surface area contributed by atoms with Crippen LogP contribution in [0.15, 0.2) is 48.7 Å². The predicted octanol–water partition coefficient (Wildman–Crippen LogP) is 4.82. The second-order valence-corrected chi connectivity index (χ2v) is 8.46. The molecule has 164 valence electrons. The number of para-hydroxylation sites is 1. The van der Waals surface area contributed by atoms with Gasteiger partial charge in [-0.25, -0.2) is 4.79 Å². The van der Waals surface area contributed by atoms with Gasteiger partial charge in [0.25, 0.3) is 0 Å². The minimum absolute atomic E-state index is 0.0717. The maximum atomic E-state index is 12.3. The number of halogens is 2. The van der Waals surface area contributed by atoms with Crippen molar-refractivity contribution in [2.45, 2.75) is 32.2 Å². The Kier molecular flexibility index (Phi) is 7.82. The number of carbonyl (C=O) groups excluding carboxylic acids is 2. The molecule has 0 aliphatic heterocycles. The Morgan fingerprint density at radius 3 is 2.55 bits per heavy atom. The molecule has 0 fully saturated rings. The molecule has 0 aliphatic rings. The molecule has 31 heavy (non-hydrogen) atoms. The first-order valence-electron chi connectivity index (χ1n) is 10.2. The van der Waals surface area contributed by atoms with E-state index in [4.69, 9.17) is 23.2 Å². The molecule has 6 nitrogen and oxygen atoms in total. The third-order valence-electron chi connectivity index (χ3n) is 4.89. The maximum absolute atomic E-state index is 12.3. The molecule has 8 heteroatoms. The molecule has 1 heterocycles. The molecule has 0 aliphatic carbocycles. The van der Waals surface area contributed by atoms with Gasteiger partial charge < -0.3 is 20.9 Å². The van der Waals surface area contributed by atoms with Crippen LogP contribution in [0.5, 0.6) is 0 Å². The van der Waals surface area contributed by atoms with E-state index in [1.165, 1.54) is 0 Å². The molecular weight excluding hydrogens is 435 g/mol. The van der Waals surface area contributed by atoms with Crippen LogP contribution >= 0.6 is 23.2 Å². The lowest BCUT2D eigenvalue weighted by molar-refractivity contribution is -0.121. The van der Waals surface area contributed by atoms with Crippen LogP contribution in [0.25, 0.3) is 10.9 Å². The second kappa shape index (κ2) is 10.6. The summed E-state index contributed by atoms with van der Waals surface area (Å²) in [6, 6.07) is 13.1. The molecule has 0 saturated carbocycles. The summed E-state index contributed by atoms with van der Waals surface area (Å²) >= 11 is 12.6. The number of amides is 3. The first-order chi connectivity index (χ1) is 14.8. The zero-order chi connectivity index (χ0) is 22.4. The summed E-state index contributed by atoms with van der Waals surface area (Å²) in [5, 5.41) is 10.6. The summed E-state index contributed by atoms with van der Waals surface area (Å²) in [5.41, 5.74) is 2.90. The van der Waals surface area contributed by atoms with Crippen molar-refractivity contribution < 1.29 is 9.59 Å². The van der Waals surface area contributed by atoms with Crippen LogP contribution in [0, 0.1) is 0 Å². The van der Waals surface area contributed by atoms with Gasteiger partial charge in [0.1, 0.15) is 0 Å². The number of hydrogen-bond acceptors (Lipinski definition) is 2. The summed E-state index contributed by atoms with van der Waals surface area (Å²) in [7, 11) is 0. The molecule has 1 atom stereocenters. The van der Waals surface area contributed by atoms with E-state index in [-0.39, 0.29) is 36.9 Å². The third kappa shape index (κ3) is 6.15. The van der Waals surface area contributed by atoms with Gasteiger partial charge in [0.15, 0.2) is 0 Å². The number of hydrogen-bond donors (Lipinski definition) is 4. The van der Waals surface area contributed by atoms with E-state index in [1.807, 2.05) is 50.4 Å². The van der Waals surface area contributed by atoms with Crippen molar-refractivity contribution in [2.75, 3.05) is 13.1 Å². The summed E-state index contributed by atoms with van der Waals surface area (Å²) in [6.07, 6.45) is 2.16. The van der Waals surface area contributed by atoms with Gasteiger partial charge in [0.05, 0.1) is 0 Å². The number of aromatic nitrogens is 1. The SMILES string of the molecule is CC(C)NC(=O)CCNC(=O)NCC(c1ccc(Cl)cc1Cl)c1c[nH]c2ccccc12. The van der Waals surface area contributed by atoms with Crippen molar-refractivity contribution in [3.8, 4) is 0 Å². The van der Waals surface area contributed by atoms with E-state index in [1.54, 1.807) is 12.1 Å². The molecule has 0 bridgehead atoms. The summed E-state index contributed by atoms with van der Waals surface area (Å²) in [5.74, 6) is -0.282. The predicted molar refractivity (Wildman–Crippen MR) is 126 cm³/mol. The van der Waals surface area contributed by atoms with Gasteiger partial charge >= 0.3 is 6.03 Å². The number of rotatable bonds is 8. The molecule has 3 rings (SSSR count). The van der Waals surface area contributed by atoms with Gasteiger partial charge in [-0.15, -0.1) is 0 Å². The Morgan fingerprint density at radius 2 is 1.81 bits per heavy atom. The van der Waals surface area contributed by atoms with Crippen molar-refractivity contribution in [3.05, 3.63) is 69.8 Å². The van der Waals surface area contributed by atoms with Crippen molar-refractivity contribution in [3.63, 3.8) is 0 Å². The minimum Gasteiger partial charge on any atom is -0.361 e. The topological polar surface area (TPSA) is 86.0 Å². The number of benzene rings is 2. The van der Waals surface area contributed by atoms with Crippen LogP contribution in [-0.2, 0) is 4.79 Å². The van der Waals surface area contributed by atoms with E-state index in [9.17, 15) is 9.59 Å². The Morgan fingerprint density at radius 1 is 1.03 bits per heavy atom. The molecular formula is C23H26Cl2N4O2. The molecule has 1 unspecified atom stereocenters. The van der Waals surface area contributed by atoms with Gasteiger partial charge in [0.2, 0.25) is 5.91 Å². The van der Waals surface area contributed by atoms with Crippen LogP contribution in [-0.4, -0.2) is 36.1 Å². The fraction of sp³-hybridized carbons (Fsp3) is 0.304. The lowest BCUT2D eigenvalue weighted by atomic mass is 9.91. The summed E-state index contributed by atoms with van der Waals surface area (Å²) in [4.78, 5) is 27.3. The number of carbonyl (C=O) groups is 2. The number of nitrogens with one attached hydrogen (secondary N) is 4. The van der Waals surface area contributed by atoms with Crippen molar-refractivity contribution in [1.82, 2.24) is 20.9 Å². The van der Waals surface area contributed by atoms with Gasteiger partial charge in [-0.1, -0.05) is 47.5 Å². The molecule has 0 saturated heterocycles. The van der Waals surface area contributed by atoms with Crippen LogP contribution in [0.2, 0.25) is 10.0 Å². The third-order valence-corrected chi connectivity index (χ3v) is 5.45. The molecule has 1 aromatic heterocycles. The Balaban J connectivity index is 1.72. The van der Waals surface area contributed by atoms with E-state index in [2.05, 4.69) is 20.9 Å². The number of fused-ring (bicyclic) bond motifs is 1. The first-order valence-corrected chi connectivity index (χ1v) is 10.9. The van der Waals surface area contributed by atoms with E-state index >= 15 is 0 Å². The molecule has 0 spiro atoms. The van der Waals surface area contributed by atoms with Gasteiger partial charge in [-0.3, -0.25) is 4.79 Å².